The smallest absolute Gasteiger partial charge is 0.218 e. The van der Waals surface area contributed by atoms with E-state index >= 15 is 0 Å². The highest BCUT2D eigenvalue weighted by atomic mass is 16.5. The van der Waals surface area contributed by atoms with Gasteiger partial charge in [-0.05, 0) is 0 Å². The standard InChI is InChI=1S/C8H8O3/c9-7(8(10)11)6-4-2-1-3-5-6/h1-5,8,10-11H/i8D. The van der Waals surface area contributed by atoms with Crippen LogP contribution in [0.1, 0.15) is 11.7 Å². The summed E-state index contributed by atoms with van der Waals surface area (Å²) in [6.45, 7) is 0. The number of aliphatic hydroxyl groups is 2. The molecule has 0 radical (unpaired) electrons. The van der Waals surface area contributed by atoms with Crippen LogP contribution < -0.4 is 0 Å². The van der Waals surface area contributed by atoms with Gasteiger partial charge in [-0.3, -0.25) is 4.79 Å². The van der Waals surface area contributed by atoms with Gasteiger partial charge in [-0.2, -0.15) is 0 Å². The molecule has 3 nitrogen and oxygen atoms in total. The number of carbonyl (C=O) groups excluding carboxylic acids is 1. The Balaban J connectivity index is 2.94. The maximum atomic E-state index is 11.0. The van der Waals surface area contributed by atoms with Gasteiger partial charge in [0.05, 0.1) is 0 Å². The zero-order valence-corrected chi connectivity index (χ0v) is 5.69. The number of hydrogen-bond acceptors (Lipinski definition) is 3. The molecule has 0 unspecified atom stereocenters. The van der Waals surface area contributed by atoms with Crippen LogP contribution in [-0.2, 0) is 0 Å². The third kappa shape index (κ3) is 1.86. The normalized spacial score (nSPS) is 12.4. The molecule has 11 heavy (non-hydrogen) atoms. The second-order valence-electron chi connectivity index (χ2n) is 2.02. The second kappa shape index (κ2) is 3.27. The Kier molecular flexibility index (Phi) is 1.94. The predicted octanol–water partition coefficient (Wildman–Crippen LogP) is 0.180. The van der Waals surface area contributed by atoms with E-state index in [1.807, 2.05) is 0 Å². The zero-order valence-electron chi connectivity index (χ0n) is 6.69. The van der Waals surface area contributed by atoms with Crippen molar-refractivity contribution in [1.82, 2.24) is 0 Å². The maximum Gasteiger partial charge on any atom is 0.218 e. The molecule has 0 aliphatic heterocycles. The van der Waals surface area contributed by atoms with E-state index in [0.717, 1.165) is 0 Å². The molecule has 58 valence electrons. The van der Waals surface area contributed by atoms with Crippen molar-refractivity contribution >= 4 is 5.78 Å². The first-order valence-corrected chi connectivity index (χ1v) is 3.06. The Morgan fingerprint density at radius 2 is 1.91 bits per heavy atom. The molecule has 0 amide bonds. The quantitative estimate of drug-likeness (QED) is 0.470. The highest BCUT2D eigenvalue weighted by molar-refractivity contribution is 5.98. The fourth-order valence-corrected chi connectivity index (χ4v) is 0.719. The fraction of sp³-hybridized carbons (Fsp3) is 0.125. The highest BCUT2D eigenvalue weighted by Gasteiger charge is 2.11. The van der Waals surface area contributed by atoms with Gasteiger partial charge in [-0.1, -0.05) is 30.3 Å². The van der Waals surface area contributed by atoms with Crippen molar-refractivity contribution in [3.63, 3.8) is 0 Å². The number of hydrogen-bond donors (Lipinski definition) is 2. The van der Waals surface area contributed by atoms with E-state index in [4.69, 9.17) is 11.6 Å². The van der Waals surface area contributed by atoms with E-state index < -0.39 is 12.0 Å². The minimum atomic E-state index is -3.03. The average molecular weight is 153 g/mol. The van der Waals surface area contributed by atoms with E-state index in [0.29, 0.717) is 0 Å². The molecule has 0 spiro atoms. The van der Waals surface area contributed by atoms with Crippen LogP contribution in [0, 0.1) is 0 Å². The van der Waals surface area contributed by atoms with Gasteiger partial charge in [0, 0.05) is 5.56 Å². The van der Waals surface area contributed by atoms with Gasteiger partial charge in [0.2, 0.25) is 12.0 Å². The number of carbonyl (C=O) groups is 1. The first kappa shape index (κ1) is 6.52. The molecule has 3 heteroatoms. The molecule has 1 rings (SSSR count). The minimum Gasteiger partial charge on any atom is -0.362 e. The molecule has 0 aromatic heterocycles. The molecule has 0 heterocycles. The topological polar surface area (TPSA) is 57.5 Å². The summed E-state index contributed by atoms with van der Waals surface area (Å²) in [6.07, 6.45) is -3.03. The lowest BCUT2D eigenvalue weighted by molar-refractivity contribution is -0.0195. The van der Waals surface area contributed by atoms with Crippen LogP contribution in [0.25, 0.3) is 0 Å². The predicted molar refractivity (Wildman–Crippen MR) is 39.0 cm³/mol. The summed E-state index contributed by atoms with van der Waals surface area (Å²) in [7, 11) is 0. The molecule has 0 atom stereocenters. The summed E-state index contributed by atoms with van der Waals surface area (Å²) in [5.41, 5.74) is 0.109. The number of ketones is 1. The van der Waals surface area contributed by atoms with E-state index in [-0.39, 0.29) is 5.56 Å². The Hall–Kier alpha value is -1.19. The third-order valence-corrected chi connectivity index (χ3v) is 1.24. The molecule has 0 aliphatic carbocycles. The lowest BCUT2D eigenvalue weighted by Gasteiger charge is -2.00. The number of rotatable bonds is 2. The van der Waals surface area contributed by atoms with Crippen LogP contribution in [0.4, 0.5) is 0 Å². The van der Waals surface area contributed by atoms with Crippen LogP contribution in [0.3, 0.4) is 0 Å². The van der Waals surface area contributed by atoms with Crippen LogP contribution in [0.5, 0.6) is 0 Å². The Labute approximate surface area is 65.3 Å². The summed E-state index contributed by atoms with van der Waals surface area (Å²) in [5, 5.41) is 17.2. The molecular weight excluding hydrogens is 144 g/mol. The van der Waals surface area contributed by atoms with Crippen molar-refractivity contribution in [1.29, 1.82) is 0 Å². The Morgan fingerprint density at radius 3 is 2.36 bits per heavy atom. The van der Waals surface area contributed by atoms with E-state index in [1.54, 1.807) is 18.2 Å². The van der Waals surface area contributed by atoms with Gasteiger partial charge >= 0.3 is 0 Å². The van der Waals surface area contributed by atoms with Gasteiger partial charge in [0.15, 0.2) is 0 Å². The van der Waals surface area contributed by atoms with E-state index in [9.17, 15) is 4.79 Å². The third-order valence-electron chi connectivity index (χ3n) is 1.24. The molecule has 1 aromatic rings. The first-order valence-electron chi connectivity index (χ1n) is 3.56. The lowest BCUT2D eigenvalue weighted by atomic mass is 10.1. The van der Waals surface area contributed by atoms with Gasteiger partial charge in [0.1, 0.15) is 1.37 Å². The zero-order chi connectivity index (χ0) is 9.19. The fourth-order valence-electron chi connectivity index (χ4n) is 0.719. The van der Waals surface area contributed by atoms with Crippen LogP contribution in [-0.4, -0.2) is 22.3 Å². The van der Waals surface area contributed by atoms with Crippen LogP contribution >= 0.6 is 0 Å². The summed E-state index contributed by atoms with van der Waals surface area (Å²) in [5.74, 6) is -1.02. The minimum absolute atomic E-state index is 0.109. The summed E-state index contributed by atoms with van der Waals surface area (Å²) in [6, 6.07) is 7.69. The summed E-state index contributed by atoms with van der Waals surface area (Å²) in [4.78, 5) is 11.0. The van der Waals surface area contributed by atoms with Crippen molar-refractivity contribution in [3.8, 4) is 0 Å². The first-order chi connectivity index (χ1) is 5.52. The molecular formula is C8H8O3. The van der Waals surface area contributed by atoms with E-state index in [2.05, 4.69) is 0 Å². The van der Waals surface area contributed by atoms with E-state index in [1.165, 1.54) is 12.1 Å². The molecule has 0 fully saturated rings. The molecule has 1 aromatic carbocycles. The lowest BCUT2D eigenvalue weighted by Crippen LogP contribution is -2.18. The van der Waals surface area contributed by atoms with Gasteiger partial charge < -0.3 is 10.2 Å². The number of Topliss-reactive ketones (excluding diaryl/α,β-unsaturated/α-hetero) is 1. The Morgan fingerprint density at radius 1 is 1.36 bits per heavy atom. The van der Waals surface area contributed by atoms with Gasteiger partial charge in [-0.15, -0.1) is 0 Å². The Bertz CT molecular complexity index is 276. The van der Waals surface area contributed by atoms with Crippen LogP contribution in [0.2, 0.25) is 0 Å². The summed E-state index contributed by atoms with van der Waals surface area (Å²) < 4.78 is 6.64. The van der Waals surface area contributed by atoms with Crippen molar-refractivity contribution in [2.45, 2.75) is 6.27 Å². The molecule has 0 aliphatic rings. The molecule has 0 saturated heterocycles. The van der Waals surface area contributed by atoms with Crippen LogP contribution in [0.15, 0.2) is 30.3 Å². The highest BCUT2D eigenvalue weighted by Crippen LogP contribution is 2.01. The molecule has 0 bridgehead atoms. The largest absolute Gasteiger partial charge is 0.362 e. The van der Waals surface area contributed by atoms with Crippen molar-refractivity contribution in [3.05, 3.63) is 35.9 Å². The van der Waals surface area contributed by atoms with Crippen molar-refractivity contribution in [2.24, 2.45) is 0 Å². The second-order valence-corrected chi connectivity index (χ2v) is 2.02. The van der Waals surface area contributed by atoms with Crippen molar-refractivity contribution < 1.29 is 16.4 Å². The SMILES string of the molecule is [2H]C(O)(O)C(=O)c1ccccc1. The maximum absolute atomic E-state index is 11.0. The monoisotopic (exact) mass is 153 g/mol. The number of benzene rings is 1. The van der Waals surface area contributed by atoms with Gasteiger partial charge in [-0.25, -0.2) is 0 Å². The molecule has 2 N–H and O–H groups in total. The van der Waals surface area contributed by atoms with Crippen molar-refractivity contribution in [2.75, 3.05) is 0 Å². The van der Waals surface area contributed by atoms with Gasteiger partial charge in [0.25, 0.3) is 0 Å². The average Bonchev–Trinajstić information content (AvgIpc) is 2.03. The molecule has 0 saturated carbocycles. The summed E-state index contributed by atoms with van der Waals surface area (Å²) >= 11 is 0.